The molecule has 1 aliphatic rings. The third kappa shape index (κ3) is 1.70. The molecule has 1 saturated carbocycles. The molecule has 0 aromatic heterocycles. The van der Waals surface area contributed by atoms with Gasteiger partial charge in [-0.2, -0.15) is 0 Å². The molecule has 0 unspecified atom stereocenters. The van der Waals surface area contributed by atoms with Gasteiger partial charge in [-0.05, 0) is 25.7 Å². The molecule has 0 aromatic rings. The van der Waals surface area contributed by atoms with Crippen molar-refractivity contribution in [3.05, 3.63) is 0 Å². The summed E-state index contributed by atoms with van der Waals surface area (Å²) in [6, 6.07) is 0. The molecule has 0 saturated heterocycles. The van der Waals surface area contributed by atoms with Crippen LogP contribution in [0.4, 0.5) is 0 Å². The molecule has 0 bridgehead atoms. The summed E-state index contributed by atoms with van der Waals surface area (Å²) in [4.78, 5) is 15.5. The predicted molar refractivity (Wildman–Crippen MR) is 38.6 cm³/mol. The van der Waals surface area contributed by atoms with Crippen molar-refractivity contribution in [2.75, 3.05) is 7.11 Å². The number of hydrogen-bond donors (Lipinski definition) is 2. The van der Waals surface area contributed by atoms with E-state index in [0.29, 0.717) is 12.8 Å². The van der Waals surface area contributed by atoms with Crippen LogP contribution in [0.2, 0.25) is 0 Å². The summed E-state index contributed by atoms with van der Waals surface area (Å²) >= 11 is 0. The first-order chi connectivity index (χ1) is 5.19. The Labute approximate surface area is 65.5 Å². The Kier molecular flexibility index (Phi) is 2.46. The zero-order valence-electron chi connectivity index (χ0n) is 6.59. The van der Waals surface area contributed by atoms with Gasteiger partial charge in [0.1, 0.15) is 5.60 Å². The Morgan fingerprint density at radius 2 is 2.09 bits per heavy atom. The highest BCUT2D eigenvalue weighted by molar-refractivity contribution is 5.84. The Hall–Kier alpha value is -0.610. The normalized spacial score (nSPS) is 21.6. The van der Waals surface area contributed by atoms with Gasteiger partial charge in [0, 0.05) is 0 Å². The number of rotatable bonds is 2. The van der Waals surface area contributed by atoms with Crippen molar-refractivity contribution >= 4 is 5.91 Å². The Balaban J connectivity index is 2.49. The van der Waals surface area contributed by atoms with Gasteiger partial charge in [-0.3, -0.25) is 9.63 Å². The van der Waals surface area contributed by atoms with Crippen molar-refractivity contribution in [1.82, 2.24) is 5.48 Å². The Bertz CT molecular complexity index is 152. The fraction of sp³-hybridized carbons (Fsp3) is 0.857. The molecule has 1 rings (SSSR count). The highest BCUT2D eigenvalue weighted by Crippen LogP contribution is 2.29. The molecule has 2 N–H and O–H groups in total. The zero-order valence-corrected chi connectivity index (χ0v) is 6.59. The van der Waals surface area contributed by atoms with Crippen LogP contribution in [0.1, 0.15) is 25.7 Å². The maximum Gasteiger partial charge on any atom is 0.275 e. The Morgan fingerprint density at radius 3 is 2.55 bits per heavy atom. The number of hydroxylamine groups is 1. The van der Waals surface area contributed by atoms with Gasteiger partial charge < -0.3 is 5.11 Å². The van der Waals surface area contributed by atoms with Crippen molar-refractivity contribution in [2.24, 2.45) is 0 Å². The van der Waals surface area contributed by atoms with Crippen LogP contribution in [0, 0.1) is 0 Å². The summed E-state index contributed by atoms with van der Waals surface area (Å²) in [7, 11) is 1.36. The van der Waals surface area contributed by atoms with Crippen LogP contribution in [0.5, 0.6) is 0 Å². The summed E-state index contributed by atoms with van der Waals surface area (Å²) in [6.07, 6.45) is 2.91. The molecule has 4 nitrogen and oxygen atoms in total. The number of nitrogens with one attached hydrogen (secondary N) is 1. The SMILES string of the molecule is CONC(=O)C1(O)CCCC1. The van der Waals surface area contributed by atoms with E-state index < -0.39 is 11.5 Å². The van der Waals surface area contributed by atoms with Gasteiger partial charge in [0.15, 0.2) is 0 Å². The average molecular weight is 159 g/mol. The summed E-state index contributed by atoms with van der Waals surface area (Å²) in [5.41, 5.74) is 0.968. The number of carbonyl (C=O) groups is 1. The third-order valence-electron chi connectivity index (χ3n) is 2.05. The summed E-state index contributed by atoms with van der Waals surface area (Å²) < 4.78 is 0. The molecule has 0 spiro atoms. The number of carbonyl (C=O) groups excluding carboxylic acids is 1. The monoisotopic (exact) mass is 159 g/mol. The lowest BCUT2D eigenvalue weighted by molar-refractivity contribution is -0.150. The van der Waals surface area contributed by atoms with Crippen LogP contribution in [0.25, 0.3) is 0 Å². The molecule has 4 heteroatoms. The summed E-state index contributed by atoms with van der Waals surface area (Å²) in [6.45, 7) is 0. The van der Waals surface area contributed by atoms with Crippen LogP contribution in [0.15, 0.2) is 0 Å². The van der Waals surface area contributed by atoms with Crippen molar-refractivity contribution in [3.8, 4) is 0 Å². The summed E-state index contributed by atoms with van der Waals surface area (Å²) in [5, 5.41) is 9.60. The first-order valence-electron chi connectivity index (χ1n) is 3.75. The van der Waals surface area contributed by atoms with E-state index in [1.807, 2.05) is 0 Å². The Morgan fingerprint density at radius 1 is 1.55 bits per heavy atom. The van der Waals surface area contributed by atoms with E-state index in [1.165, 1.54) is 7.11 Å². The zero-order chi connectivity index (χ0) is 8.32. The minimum atomic E-state index is -1.17. The van der Waals surface area contributed by atoms with Gasteiger partial charge in [-0.1, -0.05) is 0 Å². The second-order valence-corrected chi connectivity index (χ2v) is 2.87. The third-order valence-corrected chi connectivity index (χ3v) is 2.05. The van der Waals surface area contributed by atoms with Gasteiger partial charge in [-0.15, -0.1) is 0 Å². The molecule has 0 heterocycles. The van der Waals surface area contributed by atoms with Crippen molar-refractivity contribution in [3.63, 3.8) is 0 Å². The van der Waals surface area contributed by atoms with Gasteiger partial charge in [0.25, 0.3) is 5.91 Å². The van der Waals surface area contributed by atoms with E-state index >= 15 is 0 Å². The van der Waals surface area contributed by atoms with E-state index in [0.717, 1.165) is 12.8 Å². The molecule has 0 aromatic carbocycles. The minimum Gasteiger partial charge on any atom is -0.380 e. The molecular weight excluding hydrogens is 146 g/mol. The standard InChI is InChI=1S/C7H13NO3/c1-11-8-6(9)7(10)4-2-3-5-7/h10H,2-5H2,1H3,(H,8,9). The lowest BCUT2D eigenvalue weighted by Gasteiger charge is -2.19. The minimum absolute atomic E-state index is 0.419. The van der Waals surface area contributed by atoms with Crippen molar-refractivity contribution in [1.29, 1.82) is 0 Å². The first kappa shape index (κ1) is 8.49. The van der Waals surface area contributed by atoms with Crippen LogP contribution >= 0.6 is 0 Å². The smallest absolute Gasteiger partial charge is 0.275 e. The van der Waals surface area contributed by atoms with Gasteiger partial charge in [0.05, 0.1) is 7.11 Å². The van der Waals surface area contributed by atoms with Gasteiger partial charge in [0.2, 0.25) is 0 Å². The molecule has 0 aliphatic heterocycles. The largest absolute Gasteiger partial charge is 0.380 e. The van der Waals surface area contributed by atoms with Crippen LogP contribution in [-0.4, -0.2) is 23.7 Å². The molecule has 0 atom stereocenters. The van der Waals surface area contributed by atoms with Crippen LogP contribution < -0.4 is 5.48 Å². The molecule has 1 amide bonds. The highest BCUT2D eigenvalue weighted by Gasteiger charge is 2.38. The van der Waals surface area contributed by atoms with Crippen LogP contribution in [0.3, 0.4) is 0 Å². The van der Waals surface area contributed by atoms with E-state index in [-0.39, 0.29) is 0 Å². The number of hydrogen-bond acceptors (Lipinski definition) is 3. The molecule has 1 aliphatic carbocycles. The van der Waals surface area contributed by atoms with E-state index in [2.05, 4.69) is 10.3 Å². The second-order valence-electron chi connectivity index (χ2n) is 2.87. The fourth-order valence-corrected chi connectivity index (χ4v) is 1.37. The fourth-order valence-electron chi connectivity index (χ4n) is 1.37. The summed E-state index contributed by atoms with van der Waals surface area (Å²) in [5.74, 6) is -0.419. The highest BCUT2D eigenvalue weighted by atomic mass is 16.6. The maximum atomic E-state index is 11.1. The molecule has 11 heavy (non-hydrogen) atoms. The number of amides is 1. The van der Waals surface area contributed by atoms with Gasteiger partial charge in [-0.25, -0.2) is 5.48 Å². The first-order valence-corrected chi connectivity index (χ1v) is 3.75. The second kappa shape index (κ2) is 3.19. The van der Waals surface area contributed by atoms with Gasteiger partial charge >= 0.3 is 0 Å². The topological polar surface area (TPSA) is 58.6 Å². The maximum absolute atomic E-state index is 11.1. The average Bonchev–Trinajstić information content (AvgIpc) is 2.38. The quantitative estimate of drug-likeness (QED) is 0.556. The molecule has 0 radical (unpaired) electrons. The molecule has 1 fully saturated rings. The van der Waals surface area contributed by atoms with Crippen LogP contribution in [-0.2, 0) is 9.63 Å². The molecular formula is C7H13NO3. The van der Waals surface area contributed by atoms with E-state index in [4.69, 9.17) is 0 Å². The number of aliphatic hydroxyl groups is 1. The predicted octanol–water partition coefficient (Wildman–Crippen LogP) is -0.0309. The van der Waals surface area contributed by atoms with E-state index in [9.17, 15) is 9.90 Å². The lowest BCUT2D eigenvalue weighted by atomic mass is 10.0. The lowest BCUT2D eigenvalue weighted by Crippen LogP contribution is -2.44. The van der Waals surface area contributed by atoms with E-state index in [1.54, 1.807) is 0 Å². The van der Waals surface area contributed by atoms with Crippen molar-refractivity contribution < 1.29 is 14.7 Å². The van der Waals surface area contributed by atoms with Crippen molar-refractivity contribution in [2.45, 2.75) is 31.3 Å². The molecule has 64 valence electrons.